The standard InChI is InChI=1S/C17H29B4F3/c1-7-15(5,6)16(20,21)11-10(18)8-9(17(22,23)24)13(19)12(11)14(2,3)4/h8H,7,18-21H2,1-6H3. The first-order valence-corrected chi connectivity index (χ1v) is 8.70. The van der Waals surface area contributed by atoms with Crippen molar-refractivity contribution in [3.8, 4) is 0 Å². The quantitative estimate of drug-likeness (QED) is 0.702. The molecule has 24 heavy (non-hydrogen) atoms. The van der Waals surface area contributed by atoms with Crippen LogP contribution in [0.1, 0.15) is 64.7 Å². The molecule has 0 saturated carbocycles. The molecular formula is C17H29B4F3. The van der Waals surface area contributed by atoms with Crippen molar-refractivity contribution in [1.29, 1.82) is 0 Å². The average molecular weight is 334 g/mol. The highest BCUT2D eigenvalue weighted by atomic mass is 19.4. The van der Waals surface area contributed by atoms with Crippen LogP contribution in [0.25, 0.3) is 0 Å². The van der Waals surface area contributed by atoms with Gasteiger partial charge >= 0.3 is 6.18 Å². The molecule has 0 atom stereocenters. The fourth-order valence-electron chi connectivity index (χ4n) is 3.73. The molecule has 0 aliphatic heterocycles. The molecule has 7 heteroatoms. The zero-order valence-electron chi connectivity index (χ0n) is 16.9. The van der Waals surface area contributed by atoms with E-state index >= 15 is 0 Å². The molecule has 0 fully saturated rings. The second-order valence-corrected chi connectivity index (χ2v) is 9.23. The zero-order valence-corrected chi connectivity index (χ0v) is 16.9. The van der Waals surface area contributed by atoms with E-state index in [0.29, 0.717) is 5.46 Å². The lowest BCUT2D eigenvalue weighted by Crippen LogP contribution is -2.50. The molecule has 0 radical (unpaired) electrons. The topological polar surface area (TPSA) is 0 Å². The van der Waals surface area contributed by atoms with E-state index in [0.717, 1.165) is 23.0 Å². The van der Waals surface area contributed by atoms with Crippen molar-refractivity contribution < 1.29 is 13.2 Å². The molecule has 0 spiro atoms. The Bertz CT molecular complexity index is 626. The zero-order chi connectivity index (χ0) is 19.3. The molecule has 0 saturated heterocycles. The third-order valence-corrected chi connectivity index (χ3v) is 6.04. The predicted molar refractivity (Wildman–Crippen MR) is 109 cm³/mol. The van der Waals surface area contributed by atoms with E-state index in [1.807, 2.05) is 28.6 Å². The summed E-state index contributed by atoms with van der Waals surface area (Å²) < 4.78 is 40.6. The number of hydrogen-bond donors (Lipinski definition) is 0. The monoisotopic (exact) mass is 334 g/mol. The highest BCUT2D eigenvalue weighted by Gasteiger charge is 2.43. The SMILES string of the molecule is Bc1cc(C(F)(F)F)c(B)c(C(C)(C)C)c1C(B)(B)C(C)(C)CC. The van der Waals surface area contributed by atoms with Crippen molar-refractivity contribution in [3.63, 3.8) is 0 Å². The summed E-state index contributed by atoms with van der Waals surface area (Å²) in [7, 11) is 7.79. The fourth-order valence-corrected chi connectivity index (χ4v) is 3.73. The molecule has 0 amide bonds. The van der Waals surface area contributed by atoms with Crippen molar-refractivity contribution in [1.82, 2.24) is 0 Å². The van der Waals surface area contributed by atoms with Gasteiger partial charge in [0.15, 0.2) is 0 Å². The Labute approximate surface area is 149 Å². The van der Waals surface area contributed by atoms with Gasteiger partial charge in [-0.15, -0.1) is 0 Å². The molecule has 0 N–H and O–H groups in total. The van der Waals surface area contributed by atoms with Crippen LogP contribution in [0, 0.1) is 5.41 Å². The Morgan fingerprint density at radius 1 is 0.917 bits per heavy atom. The van der Waals surface area contributed by atoms with Gasteiger partial charge in [0.05, 0.1) is 0 Å². The number of alkyl halides is 3. The Morgan fingerprint density at radius 2 is 1.38 bits per heavy atom. The van der Waals surface area contributed by atoms with Gasteiger partial charge in [-0.05, 0) is 16.4 Å². The normalized spacial score (nSPS) is 14.0. The van der Waals surface area contributed by atoms with Crippen molar-refractivity contribution in [2.24, 2.45) is 5.41 Å². The molecule has 130 valence electrons. The van der Waals surface area contributed by atoms with Gasteiger partial charge in [-0.25, -0.2) is 0 Å². The number of halogens is 3. The molecule has 0 aliphatic rings. The summed E-state index contributed by atoms with van der Waals surface area (Å²) in [5.74, 6) is 0. The minimum atomic E-state index is -4.32. The first kappa shape index (κ1) is 21.3. The first-order chi connectivity index (χ1) is 10.5. The molecule has 1 aromatic rings. The number of rotatable bonds is 3. The van der Waals surface area contributed by atoms with Crippen LogP contribution in [0.15, 0.2) is 6.07 Å². The van der Waals surface area contributed by atoms with Crippen LogP contribution in [-0.4, -0.2) is 31.4 Å². The van der Waals surface area contributed by atoms with Crippen molar-refractivity contribution in [2.75, 3.05) is 0 Å². The van der Waals surface area contributed by atoms with Crippen LogP contribution in [0.4, 0.5) is 13.2 Å². The van der Waals surface area contributed by atoms with Crippen LogP contribution in [0.2, 0.25) is 0 Å². The third kappa shape index (κ3) is 3.60. The summed E-state index contributed by atoms with van der Waals surface area (Å²) in [6, 6.07) is 1.34. The van der Waals surface area contributed by atoms with Crippen LogP contribution in [-0.2, 0) is 16.8 Å². The Balaban J connectivity index is 3.98. The lowest BCUT2D eigenvalue weighted by molar-refractivity contribution is -0.136. The summed E-state index contributed by atoms with van der Waals surface area (Å²) in [5, 5.41) is -0.233. The van der Waals surface area contributed by atoms with E-state index < -0.39 is 11.7 Å². The molecule has 0 heterocycles. The summed E-state index contributed by atoms with van der Waals surface area (Å²) >= 11 is 0. The molecule has 0 bridgehead atoms. The van der Waals surface area contributed by atoms with E-state index in [1.54, 1.807) is 7.85 Å². The smallest absolute Gasteiger partial charge is 0.166 e. The second kappa shape index (κ2) is 6.21. The van der Waals surface area contributed by atoms with Crippen LogP contribution >= 0.6 is 0 Å². The highest BCUT2D eigenvalue weighted by Crippen LogP contribution is 2.43. The van der Waals surface area contributed by atoms with E-state index in [9.17, 15) is 13.2 Å². The number of hydrogen-bond acceptors (Lipinski definition) is 0. The van der Waals surface area contributed by atoms with Crippen LogP contribution in [0.5, 0.6) is 0 Å². The maximum atomic E-state index is 13.5. The molecular weight excluding hydrogens is 304 g/mol. The van der Waals surface area contributed by atoms with Gasteiger partial charge in [0, 0.05) is 5.56 Å². The molecule has 0 aromatic heterocycles. The molecule has 1 aromatic carbocycles. The van der Waals surface area contributed by atoms with Gasteiger partial charge in [-0.1, -0.05) is 75.7 Å². The minimum absolute atomic E-state index is 0.0239. The maximum absolute atomic E-state index is 13.5. The van der Waals surface area contributed by atoms with Crippen LogP contribution < -0.4 is 10.9 Å². The van der Waals surface area contributed by atoms with E-state index in [-0.39, 0.29) is 16.0 Å². The molecule has 0 aliphatic carbocycles. The lowest BCUT2D eigenvalue weighted by atomic mass is 9.37. The number of benzene rings is 1. The summed E-state index contributed by atoms with van der Waals surface area (Å²) in [4.78, 5) is 0. The minimum Gasteiger partial charge on any atom is -0.166 e. The lowest BCUT2D eigenvalue weighted by Gasteiger charge is -2.47. The van der Waals surface area contributed by atoms with Crippen molar-refractivity contribution in [2.45, 2.75) is 64.8 Å². The summed E-state index contributed by atoms with van der Waals surface area (Å²) in [6.07, 6.45) is -3.36. The van der Waals surface area contributed by atoms with Gasteiger partial charge in [-0.2, -0.15) is 13.2 Å². The van der Waals surface area contributed by atoms with Crippen LogP contribution in [0.3, 0.4) is 0 Å². The van der Waals surface area contributed by atoms with E-state index in [1.165, 1.54) is 6.07 Å². The fraction of sp³-hybridized carbons (Fsp3) is 0.647. The first-order valence-electron chi connectivity index (χ1n) is 8.70. The Hall–Kier alpha value is -0.730. The average Bonchev–Trinajstić information content (AvgIpc) is 2.37. The molecule has 0 nitrogen and oxygen atoms in total. The van der Waals surface area contributed by atoms with E-state index in [4.69, 9.17) is 0 Å². The van der Waals surface area contributed by atoms with Gasteiger partial charge in [0.1, 0.15) is 31.4 Å². The highest BCUT2D eigenvalue weighted by molar-refractivity contribution is 6.45. The Kier molecular flexibility index (Phi) is 5.52. The largest absolute Gasteiger partial charge is 0.415 e. The molecule has 0 unspecified atom stereocenters. The van der Waals surface area contributed by atoms with Crippen molar-refractivity contribution in [3.05, 3.63) is 22.8 Å². The van der Waals surface area contributed by atoms with Crippen molar-refractivity contribution >= 4 is 42.3 Å². The van der Waals surface area contributed by atoms with E-state index in [2.05, 4.69) is 36.5 Å². The van der Waals surface area contributed by atoms with Gasteiger partial charge in [0.2, 0.25) is 0 Å². The maximum Gasteiger partial charge on any atom is 0.415 e. The predicted octanol–water partition coefficient (Wildman–Crippen LogP) is 0.375. The van der Waals surface area contributed by atoms with Gasteiger partial charge < -0.3 is 0 Å². The Morgan fingerprint density at radius 3 is 1.71 bits per heavy atom. The van der Waals surface area contributed by atoms with Gasteiger partial charge in [0.25, 0.3) is 0 Å². The third-order valence-electron chi connectivity index (χ3n) is 6.04. The molecule has 1 rings (SSSR count). The summed E-state index contributed by atoms with van der Waals surface area (Å²) in [5.41, 5.74) is 2.16. The summed E-state index contributed by atoms with van der Waals surface area (Å²) in [6.45, 7) is 12.6. The second-order valence-electron chi connectivity index (χ2n) is 9.23. The van der Waals surface area contributed by atoms with Gasteiger partial charge in [-0.3, -0.25) is 0 Å².